The third kappa shape index (κ3) is 4.10. The summed E-state index contributed by atoms with van der Waals surface area (Å²) in [4.78, 5) is 2.28. The number of piperidine rings is 1. The number of benzene rings is 1. The summed E-state index contributed by atoms with van der Waals surface area (Å²) in [6, 6.07) is 7.45. The number of halogens is 3. The van der Waals surface area contributed by atoms with Gasteiger partial charge in [-0.05, 0) is 57.1 Å². The number of anilines is 1. The molecule has 0 amide bonds. The Morgan fingerprint density at radius 2 is 2.00 bits per heavy atom. The van der Waals surface area contributed by atoms with E-state index in [0.29, 0.717) is 17.3 Å². The van der Waals surface area contributed by atoms with Gasteiger partial charge < -0.3 is 14.8 Å². The molecule has 0 unspecified atom stereocenters. The number of rotatable bonds is 3. The molecule has 0 aliphatic carbocycles. The van der Waals surface area contributed by atoms with Gasteiger partial charge in [0.05, 0.1) is 11.2 Å². The number of likely N-dealkylation sites (tertiary alicyclic amines) is 1. The summed E-state index contributed by atoms with van der Waals surface area (Å²) in [7, 11) is 2.10. The predicted octanol–water partition coefficient (Wildman–Crippen LogP) is 3.90. The van der Waals surface area contributed by atoms with Gasteiger partial charge in [0.25, 0.3) is 0 Å². The Hall–Kier alpha value is -2.13. The second-order valence-corrected chi connectivity index (χ2v) is 6.49. The smallest absolute Gasteiger partial charge is 0.382 e. The zero-order chi connectivity index (χ0) is 18.0. The lowest BCUT2D eigenvalue weighted by Gasteiger charge is -2.30. The van der Waals surface area contributed by atoms with Crippen LogP contribution in [0.5, 0.6) is 0 Å². The Morgan fingerprint density at radius 1 is 1.28 bits per heavy atom. The highest BCUT2D eigenvalue weighted by molar-refractivity contribution is 5.94. The molecule has 1 aromatic heterocycles. The number of nitrogens with zero attached hydrogens (tertiary/aromatic N) is 2. The minimum Gasteiger partial charge on any atom is -0.382 e. The van der Waals surface area contributed by atoms with E-state index in [2.05, 4.69) is 36.0 Å². The Bertz CT molecular complexity index is 803. The summed E-state index contributed by atoms with van der Waals surface area (Å²) in [5, 5.41) is 4.27. The lowest BCUT2D eigenvalue weighted by molar-refractivity contribution is -0.140. The van der Waals surface area contributed by atoms with Crippen molar-refractivity contribution in [1.29, 1.82) is 0 Å². The van der Waals surface area contributed by atoms with Crippen molar-refractivity contribution < 1.29 is 13.2 Å². The molecule has 0 spiro atoms. The lowest BCUT2D eigenvalue weighted by atomic mass is 10.0. The molecule has 0 atom stereocenters. The molecule has 6 heteroatoms. The monoisotopic (exact) mass is 348 g/mol. The first-order valence-corrected chi connectivity index (χ1v) is 8.29. The first-order chi connectivity index (χ1) is 11.9. The second kappa shape index (κ2) is 7.01. The molecule has 0 bridgehead atoms. The van der Waals surface area contributed by atoms with Crippen LogP contribution in [-0.4, -0.2) is 41.8 Å². The van der Waals surface area contributed by atoms with E-state index in [4.69, 9.17) is 0 Å². The summed E-state index contributed by atoms with van der Waals surface area (Å²) in [6.45, 7) is 4.41. The molecule has 1 radical (unpaired) electrons. The van der Waals surface area contributed by atoms with Crippen molar-refractivity contribution in [3.05, 3.63) is 36.9 Å². The number of hydrogen-bond acceptors (Lipinski definition) is 2. The molecular formula is C19H21F3N3. The Kier molecular flexibility index (Phi) is 4.96. The van der Waals surface area contributed by atoms with Gasteiger partial charge in [-0.2, -0.15) is 13.2 Å². The largest absolute Gasteiger partial charge is 0.406 e. The standard InChI is InChI=1S/C19H21F3N3/c1-3-5-15-12-16-17(23-14-8-10-24(2)11-9-14)6-4-7-18(16)25(15)13-19(20,21)22/h4,6-7,12,14,23H,1,8-11,13H2,2H3. The van der Waals surface area contributed by atoms with E-state index in [1.165, 1.54) is 4.57 Å². The van der Waals surface area contributed by atoms with Gasteiger partial charge in [0, 0.05) is 24.0 Å². The van der Waals surface area contributed by atoms with Gasteiger partial charge >= 0.3 is 6.18 Å². The van der Waals surface area contributed by atoms with Crippen molar-refractivity contribution in [2.45, 2.75) is 31.6 Å². The lowest BCUT2D eigenvalue weighted by Crippen LogP contribution is -2.36. The van der Waals surface area contributed by atoms with Crippen molar-refractivity contribution in [2.75, 3.05) is 25.5 Å². The van der Waals surface area contributed by atoms with Gasteiger partial charge in [-0.15, -0.1) is 0 Å². The van der Waals surface area contributed by atoms with Crippen molar-refractivity contribution in [2.24, 2.45) is 0 Å². The second-order valence-electron chi connectivity index (χ2n) is 6.49. The summed E-state index contributed by atoms with van der Waals surface area (Å²) in [5.41, 5.74) is 1.73. The van der Waals surface area contributed by atoms with Gasteiger partial charge in [0.2, 0.25) is 0 Å². The van der Waals surface area contributed by atoms with Crippen LogP contribution in [0.2, 0.25) is 0 Å². The molecule has 3 nitrogen and oxygen atoms in total. The van der Waals surface area contributed by atoms with Crippen LogP contribution in [0.3, 0.4) is 0 Å². The van der Waals surface area contributed by atoms with Crippen molar-refractivity contribution in [3.63, 3.8) is 0 Å². The molecule has 1 aliphatic rings. The van der Waals surface area contributed by atoms with E-state index < -0.39 is 12.7 Å². The van der Waals surface area contributed by atoms with E-state index in [9.17, 15) is 13.2 Å². The van der Waals surface area contributed by atoms with Crippen LogP contribution in [0.15, 0.2) is 24.3 Å². The first kappa shape index (κ1) is 17.7. The molecule has 3 rings (SSSR count). The first-order valence-electron chi connectivity index (χ1n) is 8.29. The number of hydrogen-bond donors (Lipinski definition) is 1. The summed E-state index contributed by atoms with van der Waals surface area (Å²) < 4.78 is 40.1. The third-order valence-corrected chi connectivity index (χ3v) is 4.58. The molecule has 0 saturated carbocycles. The molecule has 1 saturated heterocycles. The van der Waals surface area contributed by atoms with Crippen LogP contribution >= 0.6 is 0 Å². The van der Waals surface area contributed by atoms with Crippen molar-refractivity contribution in [1.82, 2.24) is 9.47 Å². The maximum absolute atomic E-state index is 13.0. The van der Waals surface area contributed by atoms with E-state index in [1.807, 2.05) is 6.07 Å². The number of aromatic nitrogens is 1. The van der Waals surface area contributed by atoms with Crippen LogP contribution < -0.4 is 5.32 Å². The van der Waals surface area contributed by atoms with Gasteiger partial charge in [0.15, 0.2) is 0 Å². The Morgan fingerprint density at radius 3 is 2.64 bits per heavy atom. The maximum atomic E-state index is 13.0. The SMILES string of the molecule is [CH2]C#Cc1cc2c(NC3CCN(C)CC3)cccc2n1CC(F)(F)F. The van der Waals surface area contributed by atoms with E-state index in [0.717, 1.165) is 37.0 Å². The highest BCUT2D eigenvalue weighted by Crippen LogP contribution is 2.31. The summed E-state index contributed by atoms with van der Waals surface area (Å²) >= 11 is 0. The summed E-state index contributed by atoms with van der Waals surface area (Å²) in [5.74, 6) is 5.15. The third-order valence-electron chi connectivity index (χ3n) is 4.58. The van der Waals surface area contributed by atoms with Gasteiger partial charge in [-0.1, -0.05) is 12.0 Å². The number of alkyl halides is 3. The molecule has 1 aliphatic heterocycles. The molecule has 1 fully saturated rings. The summed E-state index contributed by atoms with van der Waals surface area (Å²) in [6.07, 6.45) is -2.27. The highest BCUT2D eigenvalue weighted by Gasteiger charge is 2.30. The maximum Gasteiger partial charge on any atom is 0.406 e. The normalized spacial score (nSPS) is 16.7. The Balaban J connectivity index is 1.97. The van der Waals surface area contributed by atoms with Crippen molar-refractivity contribution in [3.8, 4) is 11.8 Å². The van der Waals surface area contributed by atoms with E-state index in [-0.39, 0.29) is 0 Å². The zero-order valence-corrected chi connectivity index (χ0v) is 14.2. The average Bonchev–Trinajstić information content (AvgIpc) is 2.87. The minimum atomic E-state index is -4.30. The van der Waals surface area contributed by atoms with E-state index >= 15 is 0 Å². The molecule has 25 heavy (non-hydrogen) atoms. The minimum absolute atomic E-state index is 0.329. The zero-order valence-electron chi connectivity index (χ0n) is 14.2. The van der Waals surface area contributed by atoms with E-state index in [1.54, 1.807) is 18.2 Å². The van der Waals surface area contributed by atoms with Gasteiger partial charge in [-0.25, -0.2) is 0 Å². The molecule has 1 aromatic carbocycles. The van der Waals surface area contributed by atoms with Crippen molar-refractivity contribution >= 4 is 16.6 Å². The quantitative estimate of drug-likeness (QED) is 0.849. The molecule has 1 N–H and O–H groups in total. The topological polar surface area (TPSA) is 20.2 Å². The van der Waals surface area contributed by atoms with Crippen LogP contribution in [0, 0.1) is 18.8 Å². The predicted molar refractivity (Wildman–Crippen MR) is 94.4 cm³/mol. The molecule has 2 aromatic rings. The number of nitrogens with one attached hydrogen (secondary N) is 1. The highest BCUT2D eigenvalue weighted by atomic mass is 19.4. The van der Waals surface area contributed by atoms with Crippen LogP contribution in [0.1, 0.15) is 18.5 Å². The molecule has 133 valence electrons. The van der Waals surface area contributed by atoms with Gasteiger partial charge in [0.1, 0.15) is 6.54 Å². The van der Waals surface area contributed by atoms with Crippen LogP contribution in [0.4, 0.5) is 18.9 Å². The Labute approximate surface area is 145 Å². The molecular weight excluding hydrogens is 327 g/mol. The van der Waals surface area contributed by atoms with Gasteiger partial charge in [-0.3, -0.25) is 0 Å². The molecule has 2 heterocycles. The van der Waals surface area contributed by atoms with Crippen LogP contribution in [0.25, 0.3) is 10.9 Å². The fourth-order valence-corrected chi connectivity index (χ4v) is 3.33. The number of fused-ring (bicyclic) bond motifs is 1. The van der Waals surface area contributed by atoms with Crippen LogP contribution in [-0.2, 0) is 6.54 Å². The fourth-order valence-electron chi connectivity index (χ4n) is 3.33. The average molecular weight is 348 g/mol. The fraction of sp³-hybridized carbons (Fsp3) is 0.421.